The van der Waals surface area contributed by atoms with Gasteiger partial charge in [0.05, 0.1) is 5.52 Å². The van der Waals surface area contributed by atoms with Crippen LogP contribution >= 0.6 is 0 Å². The second-order valence-electron chi connectivity index (χ2n) is 9.42. The van der Waals surface area contributed by atoms with Crippen LogP contribution in [-0.4, -0.2) is 45.8 Å². The number of fused-ring (bicyclic) bond motifs is 1. The van der Waals surface area contributed by atoms with Crippen LogP contribution in [0.3, 0.4) is 0 Å². The van der Waals surface area contributed by atoms with Crippen molar-refractivity contribution in [2.75, 3.05) is 13.2 Å². The third kappa shape index (κ3) is 6.75. The largest absolute Gasteiger partial charge is 0.489 e. The summed E-state index contributed by atoms with van der Waals surface area (Å²) >= 11 is 0. The van der Waals surface area contributed by atoms with Gasteiger partial charge in [0, 0.05) is 17.6 Å². The lowest BCUT2D eigenvalue weighted by Crippen LogP contribution is -2.46. The van der Waals surface area contributed by atoms with Crippen LogP contribution in [0.25, 0.3) is 11.0 Å². The molecule has 0 saturated heterocycles. The minimum Gasteiger partial charge on any atom is -0.489 e. The van der Waals surface area contributed by atoms with Crippen LogP contribution in [0, 0.1) is 5.82 Å². The Morgan fingerprint density at radius 2 is 1.86 bits per heavy atom. The maximum atomic E-state index is 14.2. The zero-order valence-corrected chi connectivity index (χ0v) is 20.5. The highest BCUT2D eigenvalue weighted by Crippen LogP contribution is 2.26. The Morgan fingerprint density at radius 3 is 2.57 bits per heavy atom. The number of ether oxygens (including phenoxy) is 2. The SMILES string of the molecule is CC(C)(Cc1ccc(Oc2ccc(C(N)=O)cc2F)cc1)NC[C@H](O)COc1cccc2[nH]c(=O)[nH]c12. The van der Waals surface area contributed by atoms with Crippen LogP contribution < -0.4 is 26.2 Å². The number of rotatable bonds is 11. The monoisotopic (exact) mass is 508 g/mol. The third-order valence-electron chi connectivity index (χ3n) is 5.77. The number of primary amides is 1. The third-order valence-corrected chi connectivity index (χ3v) is 5.77. The van der Waals surface area contributed by atoms with Gasteiger partial charge in [0.2, 0.25) is 5.91 Å². The van der Waals surface area contributed by atoms with Crippen molar-refractivity contribution >= 4 is 16.9 Å². The number of benzene rings is 3. The summed E-state index contributed by atoms with van der Waals surface area (Å²) < 4.78 is 25.5. The number of carbonyl (C=O) groups excluding carboxylic acids is 1. The van der Waals surface area contributed by atoms with Gasteiger partial charge in [-0.2, -0.15) is 0 Å². The quantitative estimate of drug-likeness (QED) is 0.211. The molecular formula is C27H29FN4O5. The van der Waals surface area contributed by atoms with Crippen molar-refractivity contribution in [3.8, 4) is 17.2 Å². The molecule has 9 nitrogen and oxygen atoms in total. The van der Waals surface area contributed by atoms with E-state index in [1.54, 1.807) is 30.3 Å². The predicted octanol–water partition coefficient (Wildman–Crippen LogP) is 3.24. The smallest absolute Gasteiger partial charge is 0.323 e. The van der Waals surface area contributed by atoms with Gasteiger partial charge in [-0.1, -0.05) is 18.2 Å². The van der Waals surface area contributed by atoms with Crippen molar-refractivity contribution in [1.29, 1.82) is 0 Å². The van der Waals surface area contributed by atoms with Gasteiger partial charge in [-0.3, -0.25) is 4.79 Å². The molecule has 1 atom stereocenters. The van der Waals surface area contributed by atoms with Crippen LogP contribution in [0.5, 0.6) is 17.2 Å². The minimum absolute atomic E-state index is 0.00458. The minimum atomic E-state index is -0.771. The summed E-state index contributed by atoms with van der Waals surface area (Å²) in [4.78, 5) is 28.1. The van der Waals surface area contributed by atoms with Crippen molar-refractivity contribution in [2.24, 2.45) is 5.73 Å². The van der Waals surface area contributed by atoms with Crippen molar-refractivity contribution in [3.63, 3.8) is 0 Å². The summed E-state index contributed by atoms with van der Waals surface area (Å²) in [5.41, 5.74) is 6.79. The molecule has 4 aromatic rings. The number of β-amino-alcohol motifs (C(OH)–C–C–N with tert-alkyl or cyclic N) is 1. The summed E-state index contributed by atoms with van der Waals surface area (Å²) in [6.07, 6.45) is -0.112. The molecule has 0 aliphatic heterocycles. The van der Waals surface area contributed by atoms with Gasteiger partial charge in [0.25, 0.3) is 0 Å². The average molecular weight is 509 g/mol. The molecule has 6 N–H and O–H groups in total. The van der Waals surface area contributed by atoms with Gasteiger partial charge in [0.15, 0.2) is 11.6 Å². The molecule has 0 spiro atoms. The molecule has 10 heteroatoms. The molecule has 0 bridgehead atoms. The number of aromatic nitrogens is 2. The van der Waals surface area contributed by atoms with E-state index < -0.39 is 17.8 Å². The van der Waals surface area contributed by atoms with E-state index in [2.05, 4.69) is 15.3 Å². The molecule has 4 rings (SSSR count). The highest BCUT2D eigenvalue weighted by Gasteiger charge is 2.20. The molecule has 0 aliphatic rings. The zero-order valence-electron chi connectivity index (χ0n) is 20.5. The Bertz CT molecular complexity index is 1450. The van der Waals surface area contributed by atoms with Gasteiger partial charge in [-0.25, -0.2) is 9.18 Å². The predicted molar refractivity (Wildman–Crippen MR) is 138 cm³/mol. The van der Waals surface area contributed by atoms with Crippen molar-refractivity contribution < 1.29 is 23.8 Å². The fourth-order valence-corrected chi connectivity index (χ4v) is 3.90. The fourth-order valence-electron chi connectivity index (χ4n) is 3.90. The van der Waals surface area contributed by atoms with Gasteiger partial charge >= 0.3 is 5.69 Å². The first-order chi connectivity index (χ1) is 17.6. The van der Waals surface area contributed by atoms with E-state index in [9.17, 15) is 19.1 Å². The summed E-state index contributed by atoms with van der Waals surface area (Å²) in [5, 5.41) is 13.8. The topological polar surface area (TPSA) is 142 Å². The highest BCUT2D eigenvalue weighted by atomic mass is 19.1. The second-order valence-corrected chi connectivity index (χ2v) is 9.42. The number of nitrogens with two attached hydrogens (primary N) is 1. The molecule has 0 unspecified atom stereocenters. The fraction of sp³-hybridized carbons (Fsp3) is 0.259. The summed E-state index contributed by atoms with van der Waals surface area (Å²) in [6, 6.07) is 16.3. The van der Waals surface area contributed by atoms with Gasteiger partial charge in [0.1, 0.15) is 29.7 Å². The number of hydrogen-bond donors (Lipinski definition) is 5. The van der Waals surface area contributed by atoms with E-state index in [1.807, 2.05) is 26.0 Å². The van der Waals surface area contributed by atoms with Crippen LogP contribution in [-0.2, 0) is 6.42 Å². The highest BCUT2D eigenvalue weighted by molar-refractivity contribution is 5.92. The first-order valence-electron chi connectivity index (χ1n) is 11.7. The number of aromatic amines is 2. The van der Waals surface area contributed by atoms with E-state index >= 15 is 0 Å². The lowest BCUT2D eigenvalue weighted by molar-refractivity contribution is 0.0994. The number of H-pyrrole nitrogens is 2. The molecule has 0 radical (unpaired) electrons. The molecule has 0 aliphatic carbocycles. The lowest BCUT2D eigenvalue weighted by Gasteiger charge is -2.28. The van der Waals surface area contributed by atoms with Gasteiger partial charge < -0.3 is 35.6 Å². The molecule has 1 aromatic heterocycles. The van der Waals surface area contributed by atoms with Crippen LogP contribution in [0.15, 0.2) is 65.5 Å². The number of aliphatic hydroxyl groups excluding tert-OH is 1. The Kier molecular flexibility index (Phi) is 7.61. The second kappa shape index (κ2) is 10.9. The number of carbonyl (C=O) groups is 1. The van der Waals surface area contributed by atoms with Crippen LogP contribution in [0.1, 0.15) is 29.8 Å². The number of imidazole rings is 1. The van der Waals surface area contributed by atoms with Crippen molar-refractivity contribution in [2.45, 2.75) is 31.9 Å². The normalized spacial score (nSPS) is 12.4. The number of nitrogens with one attached hydrogen (secondary N) is 3. The van der Waals surface area contributed by atoms with Gasteiger partial charge in [-0.15, -0.1) is 0 Å². The van der Waals surface area contributed by atoms with E-state index in [-0.39, 0.29) is 29.1 Å². The number of aliphatic hydroxyl groups is 1. The van der Waals surface area contributed by atoms with E-state index in [4.69, 9.17) is 15.2 Å². The maximum Gasteiger partial charge on any atom is 0.323 e. The lowest BCUT2D eigenvalue weighted by atomic mass is 9.94. The maximum absolute atomic E-state index is 14.2. The molecule has 1 amide bonds. The molecular weight excluding hydrogens is 479 g/mol. The Labute approximate surface area is 212 Å². The molecule has 0 saturated carbocycles. The van der Waals surface area contributed by atoms with E-state index in [0.717, 1.165) is 11.6 Å². The number of para-hydroxylation sites is 1. The Hall–Kier alpha value is -4.15. The van der Waals surface area contributed by atoms with Crippen LogP contribution in [0.2, 0.25) is 0 Å². The average Bonchev–Trinajstić information content (AvgIpc) is 3.24. The van der Waals surface area contributed by atoms with Crippen molar-refractivity contribution in [1.82, 2.24) is 15.3 Å². The molecule has 1 heterocycles. The number of hydrogen-bond acceptors (Lipinski definition) is 6. The molecule has 3 aromatic carbocycles. The summed E-state index contributed by atoms with van der Waals surface area (Å²) in [5.74, 6) is -0.453. The summed E-state index contributed by atoms with van der Waals surface area (Å²) in [7, 11) is 0. The van der Waals surface area contributed by atoms with E-state index in [0.29, 0.717) is 35.5 Å². The van der Waals surface area contributed by atoms with E-state index in [1.165, 1.54) is 12.1 Å². The Morgan fingerprint density at radius 1 is 1.11 bits per heavy atom. The first kappa shape index (κ1) is 25.9. The molecule has 37 heavy (non-hydrogen) atoms. The number of halogens is 1. The van der Waals surface area contributed by atoms with Crippen molar-refractivity contribution in [3.05, 3.63) is 88.1 Å². The molecule has 0 fully saturated rings. The number of amides is 1. The standard InChI is InChI=1S/C27H29FN4O5/c1-27(2,30-14-18(33)15-36-23-5-3-4-21-24(23)32-26(35)31-21)13-16-6-9-19(10-7-16)37-22-11-8-17(25(29)34)12-20(22)28/h3-12,18,30,33H,13-15H2,1-2H3,(H2,29,34)(H2,31,32,35)/t18-/m0/s1. The van der Waals surface area contributed by atoms with Gasteiger partial charge in [-0.05, 0) is 68.3 Å². The molecule has 194 valence electrons. The van der Waals surface area contributed by atoms with Crippen LogP contribution in [0.4, 0.5) is 4.39 Å². The zero-order chi connectivity index (χ0) is 26.6. The Balaban J connectivity index is 1.27. The summed E-state index contributed by atoms with van der Waals surface area (Å²) in [6.45, 7) is 4.39. The first-order valence-corrected chi connectivity index (χ1v) is 11.7.